The number of aliphatic hydroxyl groups is 1. The molecule has 4 nitrogen and oxygen atoms in total. The summed E-state index contributed by atoms with van der Waals surface area (Å²) < 4.78 is 49.3. The highest BCUT2D eigenvalue weighted by Gasteiger charge is 2.37. The molecule has 2 unspecified atom stereocenters. The Bertz CT molecular complexity index is 701. The molecule has 0 heterocycles. The van der Waals surface area contributed by atoms with Crippen LogP contribution in [0.2, 0.25) is 0 Å². The van der Waals surface area contributed by atoms with Crippen LogP contribution >= 0.6 is 0 Å². The standard InChI is InChI=1S/C19H22F3NO3/c1-3-25-15-8-4-13(5-9-15)18(2,17(24)12-23)26-16-10-6-14(7-11-16)19(20,21)22/h4-11,17,24H,3,12,23H2,1-2H3. The van der Waals surface area contributed by atoms with E-state index in [1.807, 2.05) is 6.92 Å². The van der Waals surface area contributed by atoms with Crippen molar-refractivity contribution >= 4 is 0 Å². The van der Waals surface area contributed by atoms with Crippen molar-refractivity contribution in [1.29, 1.82) is 0 Å². The van der Waals surface area contributed by atoms with Crippen molar-refractivity contribution in [2.45, 2.75) is 31.7 Å². The number of hydrogen-bond acceptors (Lipinski definition) is 4. The van der Waals surface area contributed by atoms with E-state index in [2.05, 4.69) is 0 Å². The van der Waals surface area contributed by atoms with Gasteiger partial charge in [-0.1, -0.05) is 12.1 Å². The lowest BCUT2D eigenvalue weighted by Gasteiger charge is -2.35. The quantitative estimate of drug-likeness (QED) is 0.781. The maximum absolute atomic E-state index is 12.7. The molecular formula is C19H22F3NO3. The van der Waals surface area contributed by atoms with Crippen molar-refractivity contribution in [3.05, 3.63) is 59.7 Å². The molecule has 0 fully saturated rings. The highest BCUT2D eigenvalue weighted by molar-refractivity contribution is 5.35. The van der Waals surface area contributed by atoms with Gasteiger partial charge in [-0.2, -0.15) is 13.2 Å². The third kappa shape index (κ3) is 4.47. The van der Waals surface area contributed by atoms with Crippen LogP contribution in [0.1, 0.15) is 25.0 Å². The first-order chi connectivity index (χ1) is 12.2. The van der Waals surface area contributed by atoms with Gasteiger partial charge < -0.3 is 20.3 Å². The second-order valence-electron chi connectivity index (χ2n) is 5.94. The molecule has 0 amide bonds. The Morgan fingerprint density at radius 1 is 0.962 bits per heavy atom. The van der Waals surface area contributed by atoms with Crippen LogP contribution in [0.15, 0.2) is 48.5 Å². The number of alkyl halides is 3. The van der Waals surface area contributed by atoms with Crippen molar-refractivity contribution in [1.82, 2.24) is 0 Å². The van der Waals surface area contributed by atoms with Gasteiger partial charge in [-0.05, 0) is 55.8 Å². The van der Waals surface area contributed by atoms with E-state index < -0.39 is 23.4 Å². The van der Waals surface area contributed by atoms with Gasteiger partial charge in [0.25, 0.3) is 0 Å². The first kappa shape index (κ1) is 20.1. The summed E-state index contributed by atoms with van der Waals surface area (Å²) in [5.41, 5.74) is 4.22. The van der Waals surface area contributed by atoms with Gasteiger partial charge in [-0.15, -0.1) is 0 Å². The topological polar surface area (TPSA) is 64.7 Å². The highest BCUT2D eigenvalue weighted by atomic mass is 19.4. The van der Waals surface area contributed by atoms with Crippen LogP contribution in [-0.2, 0) is 11.8 Å². The van der Waals surface area contributed by atoms with Gasteiger partial charge in [0.05, 0.1) is 12.2 Å². The van der Waals surface area contributed by atoms with Crippen molar-refractivity contribution in [2.75, 3.05) is 13.2 Å². The van der Waals surface area contributed by atoms with Gasteiger partial charge in [0, 0.05) is 6.54 Å². The van der Waals surface area contributed by atoms with E-state index in [1.165, 1.54) is 12.1 Å². The number of rotatable bonds is 7. The molecule has 0 aliphatic carbocycles. The van der Waals surface area contributed by atoms with Crippen LogP contribution in [0.4, 0.5) is 13.2 Å². The molecule has 0 saturated heterocycles. The van der Waals surface area contributed by atoms with Crippen LogP contribution in [0.25, 0.3) is 0 Å². The molecule has 2 aromatic rings. The van der Waals surface area contributed by atoms with Crippen molar-refractivity contribution < 1.29 is 27.8 Å². The fourth-order valence-corrected chi connectivity index (χ4v) is 2.55. The summed E-state index contributed by atoms with van der Waals surface area (Å²) in [6.07, 6.45) is -5.49. The summed E-state index contributed by atoms with van der Waals surface area (Å²) in [5.74, 6) is 0.859. The molecule has 2 rings (SSSR count). The van der Waals surface area contributed by atoms with Gasteiger partial charge in [0.1, 0.15) is 17.6 Å². The molecule has 26 heavy (non-hydrogen) atoms. The number of nitrogens with two attached hydrogens (primary N) is 1. The molecule has 2 atom stereocenters. The van der Waals surface area contributed by atoms with Gasteiger partial charge >= 0.3 is 6.18 Å². The summed E-state index contributed by atoms with van der Waals surface area (Å²) >= 11 is 0. The van der Waals surface area contributed by atoms with Crippen LogP contribution in [0.5, 0.6) is 11.5 Å². The Labute approximate surface area is 150 Å². The minimum Gasteiger partial charge on any atom is -0.494 e. The fourth-order valence-electron chi connectivity index (χ4n) is 2.55. The van der Waals surface area contributed by atoms with Crippen molar-refractivity contribution in [2.24, 2.45) is 5.73 Å². The lowest BCUT2D eigenvalue weighted by Crippen LogP contribution is -2.46. The van der Waals surface area contributed by atoms with Gasteiger partial charge in [-0.3, -0.25) is 0 Å². The van der Waals surface area contributed by atoms with Gasteiger partial charge in [-0.25, -0.2) is 0 Å². The molecular weight excluding hydrogens is 347 g/mol. The zero-order valence-corrected chi connectivity index (χ0v) is 14.6. The van der Waals surface area contributed by atoms with Crippen LogP contribution in [-0.4, -0.2) is 24.4 Å². The summed E-state index contributed by atoms with van der Waals surface area (Å²) in [6, 6.07) is 11.2. The predicted octanol–water partition coefficient (Wildman–Crippen LogP) is 3.72. The maximum Gasteiger partial charge on any atom is 0.416 e. The van der Waals surface area contributed by atoms with Gasteiger partial charge in [0.2, 0.25) is 0 Å². The Balaban J connectivity index is 2.31. The Hall–Kier alpha value is -2.25. The highest BCUT2D eigenvalue weighted by Crippen LogP contribution is 2.35. The number of hydrogen-bond donors (Lipinski definition) is 2. The van der Waals surface area contributed by atoms with Crippen molar-refractivity contribution in [3.8, 4) is 11.5 Å². The van der Waals surface area contributed by atoms with Gasteiger partial charge in [0.15, 0.2) is 5.60 Å². The SMILES string of the molecule is CCOc1ccc(C(C)(Oc2ccc(C(F)(F)F)cc2)C(O)CN)cc1. The molecule has 2 aromatic carbocycles. The molecule has 0 bridgehead atoms. The van der Waals surface area contributed by atoms with E-state index in [0.717, 1.165) is 12.1 Å². The minimum absolute atomic E-state index is 0.0790. The largest absolute Gasteiger partial charge is 0.494 e. The Kier molecular flexibility index (Phi) is 6.15. The second kappa shape index (κ2) is 7.97. The predicted molar refractivity (Wildman–Crippen MR) is 92.1 cm³/mol. The Morgan fingerprint density at radius 2 is 1.46 bits per heavy atom. The summed E-state index contributed by atoms with van der Waals surface area (Å²) in [7, 11) is 0. The number of benzene rings is 2. The fraction of sp³-hybridized carbons (Fsp3) is 0.368. The van der Waals surface area contributed by atoms with E-state index in [4.69, 9.17) is 15.2 Å². The maximum atomic E-state index is 12.7. The van der Waals surface area contributed by atoms with Crippen LogP contribution in [0.3, 0.4) is 0 Å². The summed E-state index contributed by atoms with van der Waals surface area (Å²) in [6.45, 7) is 3.94. The zero-order valence-electron chi connectivity index (χ0n) is 14.6. The second-order valence-corrected chi connectivity index (χ2v) is 5.94. The molecule has 0 aliphatic rings. The average Bonchev–Trinajstić information content (AvgIpc) is 2.61. The molecule has 0 spiro atoms. The number of aliphatic hydroxyl groups excluding tert-OH is 1. The van der Waals surface area contributed by atoms with E-state index in [0.29, 0.717) is 17.9 Å². The number of ether oxygens (including phenoxy) is 2. The lowest BCUT2D eigenvalue weighted by molar-refractivity contribution is -0.137. The molecule has 0 saturated carbocycles. The van der Waals surface area contributed by atoms with E-state index in [1.54, 1.807) is 31.2 Å². The zero-order chi connectivity index (χ0) is 19.4. The smallest absolute Gasteiger partial charge is 0.416 e. The minimum atomic E-state index is -4.42. The first-order valence-corrected chi connectivity index (χ1v) is 8.18. The third-order valence-electron chi connectivity index (χ3n) is 4.11. The Morgan fingerprint density at radius 3 is 1.92 bits per heavy atom. The van der Waals surface area contributed by atoms with Crippen LogP contribution < -0.4 is 15.2 Å². The van der Waals surface area contributed by atoms with Crippen LogP contribution in [0, 0.1) is 0 Å². The molecule has 142 valence electrons. The van der Waals surface area contributed by atoms with E-state index in [-0.39, 0.29) is 12.3 Å². The molecule has 3 N–H and O–H groups in total. The first-order valence-electron chi connectivity index (χ1n) is 8.18. The molecule has 7 heteroatoms. The van der Waals surface area contributed by atoms with E-state index >= 15 is 0 Å². The number of halogens is 3. The van der Waals surface area contributed by atoms with E-state index in [9.17, 15) is 18.3 Å². The average molecular weight is 369 g/mol. The van der Waals surface area contributed by atoms with Crippen molar-refractivity contribution in [3.63, 3.8) is 0 Å². The summed E-state index contributed by atoms with van der Waals surface area (Å²) in [5, 5.41) is 10.4. The normalized spacial score (nSPS) is 15.2. The molecule has 0 aromatic heterocycles. The molecule has 0 aliphatic heterocycles. The summed E-state index contributed by atoms with van der Waals surface area (Å²) in [4.78, 5) is 0. The lowest BCUT2D eigenvalue weighted by atomic mass is 9.89. The third-order valence-corrected chi connectivity index (χ3v) is 4.11. The monoisotopic (exact) mass is 369 g/mol. The molecule has 0 radical (unpaired) electrons.